The standard InChI is InChI=1S/C12H19N5O/c1-6-13-11-15-9-8(16(11)5)10(18)17(7-14-9)12(2,3)4/h7H,6H2,1-5H3,(H,13,15). The molecule has 0 aromatic carbocycles. The van der Waals surface area contributed by atoms with E-state index < -0.39 is 0 Å². The second-order valence-corrected chi connectivity index (χ2v) is 5.29. The van der Waals surface area contributed by atoms with Crippen molar-refractivity contribution in [3.8, 4) is 0 Å². The third kappa shape index (κ3) is 1.87. The van der Waals surface area contributed by atoms with E-state index in [1.165, 1.54) is 0 Å². The van der Waals surface area contributed by atoms with Crippen LogP contribution in [0, 0.1) is 0 Å². The van der Waals surface area contributed by atoms with Gasteiger partial charge in [0.15, 0.2) is 11.2 Å². The summed E-state index contributed by atoms with van der Waals surface area (Å²) in [7, 11) is 1.82. The monoisotopic (exact) mass is 249 g/mol. The van der Waals surface area contributed by atoms with Gasteiger partial charge in [-0.15, -0.1) is 0 Å². The molecule has 0 amide bonds. The zero-order chi connectivity index (χ0) is 13.5. The number of fused-ring (bicyclic) bond motifs is 1. The molecule has 2 heterocycles. The first-order valence-corrected chi connectivity index (χ1v) is 6.04. The molecule has 0 saturated carbocycles. The molecule has 0 spiro atoms. The summed E-state index contributed by atoms with van der Waals surface area (Å²) in [5.41, 5.74) is 0.662. The predicted octanol–water partition coefficient (Wildman–Crippen LogP) is 1.32. The van der Waals surface area contributed by atoms with Crippen LogP contribution >= 0.6 is 0 Å². The Bertz CT molecular complexity index is 632. The zero-order valence-electron chi connectivity index (χ0n) is 11.5. The first-order valence-electron chi connectivity index (χ1n) is 6.04. The molecule has 2 rings (SSSR count). The molecule has 6 nitrogen and oxygen atoms in total. The van der Waals surface area contributed by atoms with Crippen molar-refractivity contribution in [3.05, 3.63) is 16.7 Å². The highest BCUT2D eigenvalue weighted by molar-refractivity contribution is 5.73. The number of nitrogens with zero attached hydrogens (tertiary/aromatic N) is 4. The highest BCUT2D eigenvalue weighted by atomic mass is 16.1. The molecule has 0 unspecified atom stereocenters. The molecule has 0 bridgehead atoms. The average Bonchev–Trinajstić information content (AvgIpc) is 2.56. The third-order valence-electron chi connectivity index (χ3n) is 2.85. The lowest BCUT2D eigenvalue weighted by atomic mass is 10.1. The minimum absolute atomic E-state index is 0.0633. The fraction of sp³-hybridized carbons (Fsp3) is 0.583. The van der Waals surface area contributed by atoms with Gasteiger partial charge >= 0.3 is 0 Å². The average molecular weight is 249 g/mol. The minimum atomic E-state index is -0.291. The Hall–Kier alpha value is -1.85. The van der Waals surface area contributed by atoms with Crippen molar-refractivity contribution in [1.82, 2.24) is 19.1 Å². The molecule has 98 valence electrons. The van der Waals surface area contributed by atoms with E-state index in [0.717, 1.165) is 6.54 Å². The Balaban J connectivity index is 2.75. The Morgan fingerprint density at radius 3 is 2.61 bits per heavy atom. The van der Waals surface area contributed by atoms with Crippen LogP contribution in [0.25, 0.3) is 11.2 Å². The molecular formula is C12H19N5O. The Kier molecular flexibility index (Phi) is 2.88. The van der Waals surface area contributed by atoms with Crippen molar-refractivity contribution >= 4 is 17.1 Å². The Morgan fingerprint density at radius 1 is 1.39 bits per heavy atom. The van der Waals surface area contributed by atoms with Crippen molar-refractivity contribution in [1.29, 1.82) is 0 Å². The van der Waals surface area contributed by atoms with Gasteiger partial charge in [-0.2, -0.15) is 4.98 Å². The highest BCUT2D eigenvalue weighted by Crippen LogP contribution is 2.15. The fourth-order valence-electron chi connectivity index (χ4n) is 1.89. The van der Waals surface area contributed by atoms with Crippen LogP contribution in [0.15, 0.2) is 11.1 Å². The van der Waals surface area contributed by atoms with Gasteiger partial charge in [-0.1, -0.05) is 0 Å². The van der Waals surface area contributed by atoms with Gasteiger partial charge in [-0.3, -0.25) is 9.36 Å². The first-order chi connectivity index (χ1) is 8.36. The smallest absolute Gasteiger partial charge is 0.280 e. The maximum atomic E-state index is 12.4. The van der Waals surface area contributed by atoms with E-state index in [1.54, 1.807) is 15.5 Å². The van der Waals surface area contributed by atoms with Crippen LogP contribution in [0.1, 0.15) is 27.7 Å². The van der Waals surface area contributed by atoms with Crippen LogP contribution in [0.2, 0.25) is 0 Å². The lowest BCUT2D eigenvalue weighted by Gasteiger charge is -2.21. The molecule has 0 aliphatic heterocycles. The highest BCUT2D eigenvalue weighted by Gasteiger charge is 2.19. The molecule has 0 aliphatic rings. The topological polar surface area (TPSA) is 64.7 Å². The summed E-state index contributed by atoms with van der Waals surface area (Å²) in [5, 5.41) is 3.11. The van der Waals surface area contributed by atoms with Crippen LogP contribution in [-0.4, -0.2) is 25.6 Å². The summed E-state index contributed by atoms with van der Waals surface area (Å²) in [6.07, 6.45) is 1.56. The fourth-order valence-corrected chi connectivity index (χ4v) is 1.89. The summed E-state index contributed by atoms with van der Waals surface area (Å²) in [6.45, 7) is 8.67. The summed E-state index contributed by atoms with van der Waals surface area (Å²) in [6, 6.07) is 0. The quantitative estimate of drug-likeness (QED) is 0.871. The van der Waals surface area contributed by atoms with Crippen LogP contribution in [0.4, 0.5) is 5.95 Å². The van der Waals surface area contributed by atoms with Gasteiger partial charge in [0, 0.05) is 19.1 Å². The van der Waals surface area contributed by atoms with Gasteiger partial charge in [-0.05, 0) is 27.7 Å². The SMILES string of the molecule is CCNc1nc2ncn(C(C)(C)C)c(=O)c2n1C. The number of hydrogen-bond donors (Lipinski definition) is 1. The number of hydrogen-bond acceptors (Lipinski definition) is 4. The van der Waals surface area contributed by atoms with Gasteiger partial charge in [-0.25, -0.2) is 4.98 Å². The maximum Gasteiger partial charge on any atom is 0.280 e. The number of nitrogens with one attached hydrogen (secondary N) is 1. The number of aromatic nitrogens is 4. The first kappa shape index (κ1) is 12.6. The Morgan fingerprint density at radius 2 is 2.06 bits per heavy atom. The van der Waals surface area contributed by atoms with Crippen LogP contribution in [0.3, 0.4) is 0 Å². The molecule has 1 N–H and O–H groups in total. The second-order valence-electron chi connectivity index (χ2n) is 5.29. The lowest BCUT2D eigenvalue weighted by molar-refractivity contribution is 0.381. The van der Waals surface area contributed by atoms with E-state index in [0.29, 0.717) is 17.1 Å². The van der Waals surface area contributed by atoms with Crippen molar-refractivity contribution < 1.29 is 0 Å². The van der Waals surface area contributed by atoms with Gasteiger partial charge in [0.2, 0.25) is 5.95 Å². The normalized spacial score (nSPS) is 12.1. The van der Waals surface area contributed by atoms with Crippen molar-refractivity contribution in [2.45, 2.75) is 33.2 Å². The van der Waals surface area contributed by atoms with E-state index >= 15 is 0 Å². The molecule has 0 saturated heterocycles. The molecular weight excluding hydrogens is 230 g/mol. The van der Waals surface area contributed by atoms with Crippen molar-refractivity contribution in [3.63, 3.8) is 0 Å². The van der Waals surface area contributed by atoms with E-state index in [-0.39, 0.29) is 11.1 Å². The molecule has 0 aliphatic carbocycles. The van der Waals surface area contributed by atoms with Crippen LogP contribution < -0.4 is 10.9 Å². The molecule has 0 fully saturated rings. The van der Waals surface area contributed by atoms with E-state index in [1.807, 2.05) is 34.7 Å². The molecule has 2 aromatic rings. The maximum absolute atomic E-state index is 12.4. The van der Waals surface area contributed by atoms with Gasteiger partial charge in [0.25, 0.3) is 5.56 Å². The summed E-state index contributed by atoms with van der Waals surface area (Å²) >= 11 is 0. The van der Waals surface area contributed by atoms with Crippen molar-refractivity contribution in [2.75, 3.05) is 11.9 Å². The van der Waals surface area contributed by atoms with E-state index in [9.17, 15) is 4.79 Å². The van der Waals surface area contributed by atoms with Gasteiger partial charge in [0.1, 0.15) is 6.33 Å². The summed E-state index contributed by atoms with van der Waals surface area (Å²) < 4.78 is 3.39. The van der Waals surface area contributed by atoms with E-state index in [4.69, 9.17) is 0 Å². The molecule has 2 aromatic heterocycles. The van der Waals surface area contributed by atoms with Crippen LogP contribution in [0.5, 0.6) is 0 Å². The summed E-state index contributed by atoms with van der Waals surface area (Å²) in [5.74, 6) is 0.670. The largest absolute Gasteiger partial charge is 0.356 e. The predicted molar refractivity (Wildman–Crippen MR) is 71.9 cm³/mol. The second kappa shape index (κ2) is 4.12. The number of aryl methyl sites for hydroxylation is 1. The zero-order valence-corrected chi connectivity index (χ0v) is 11.5. The van der Waals surface area contributed by atoms with Gasteiger partial charge in [0.05, 0.1) is 0 Å². The Labute approximate surface area is 106 Å². The minimum Gasteiger partial charge on any atom is -0.356 e. The third-order valence-corrected chi connectivity index (χ3v) is 2.85. The lowest BCUT2D eigenvalue weighted by Crippen LogP contribution is -2.34. The molecule has 6 heteroatoms. The molecule has 0 radical (unpaired) electrons. The summed E-state index contributed by atoms with van der Waals surface area (Å²) in [4.78, 5) is 21.0. The molecule has 18 heavy (non-hydrogen) atoms. The molecule has 0 atom stereocenters. The van der Waals surface area contributed by atoms with Crippen LogP contribution in [-0.2, 0) is 12.6 Å². The van der Waals surface area contributed by atoms with E-state index in [2.05, 4.69) is 15.3 Å². The van der Waals surface area contributed by atoms with Gasteiger partial charge < -0.3 is 9.88 Å². The number of rotatable bonds is 2. The number of anilines is 1. The van der Waals surface area contributed by atoms with Crippen molar-refractivity contribution in [2.24, 2.45) is 7.05 Å². The number of imidazole rings is 1.